The summed E-state index contributed by atoms with van der Waals surface area (Å²) in [5.41, 5.74) is 4.20. The van der Waals surface area contributed by atoms with Gasteiger partial charge in [-0.05, 0) is 23.3 Å². The van der Waals surface area contributed by atoms with E-state index in [4.69, 9.17) is 0 Å². The highest BCUT2D eigenvalue weighted by atomic mass is 19.4. The van der Waals surface area contributed by atoms with Crippen LogP contribution in [0, 0.1) is 0 Å². The van der Waals surface area contributed by atoms with Crippen molar-refractivity contribution in [3.63, 3.8) is 0 Å². The van der Waals surface area contributed by atoms with Gasteiger partial charge in [0.1, 0.15) is 0 Å². The highest BCUT2D eigenvalue weighted by molar-refractivity contribution is 5.79. The Balaban J connectivity index is 1.53. The third-order valence-electron chi connectivity index (χ3n) is 4.29. The molecule has 0 aliphatic heterocycles. The minimum Gasteiger partial charge on any atom is -0.356 e. The van der Waals surface area contributed by atoms with Gasteiger partial charge in [0.25, 0.3) is 0 Å². The molecular weight excluding hydrogens is 367 g/mol. The molecule has 2 aromatic carbocycles. The minimum absolute atomic E-state index is 0.207. The molecule has 8 heteroatoms. The number of nitrogens with one attached hydrogen (secondary N) is 2. The van der Waals surface area contributed by atoms with Gasteiger partial charge in [-0.15, -0.1) is 0 Å². The molecule has 0 radical (unpaired) electrons. The maximum Gasteiger partial charge on any atom is 0.390 e. The van der Waals surface area contributed by atoms with Gasteiger partial charge in [0, 0.05) is 26.7 Å². The number of hydrogen-bond donors (Lipinski definition) is 2. The van der Waals surface area contributed by atoms with Crippen molar-refractivity contribution >= 4 is 17.0 Å². The van der Waals surface area contributed by atoms with Gasteiger partial charge in [-0.2, -0.15) is 13.2 Å². The fourth-order valence-electron chi connectivity index (χ4n) is 2.82. The summed E-state index contributed by atoms with van der Waals surface area (Å²) in [6, 6.07) is 16.0. The molecule has 0 unspecified atom stereocenters. The number of nitrogens with zero attached hydrogens (tertiary/aromatic N) is 3. The van der Waals surface area contributed by atoms with Crippen LogP contribution in [0.3, 0.4) is 0 Å². The van der Waals surface area contributed by atoms with Crippen molar-refractivity contribution in [2.75, 3.05) is 13.6 Å². The van der Waals surface area contributed by atoms with Crippen molar-refractivity contribution in [2.45, 2.75) is 25.7 Å². The van der Waals surface area contributed by atoms with Crippen molar-refractivity contribution in [2.24, 2.45) is 4.99 Å². The standard InChI is InChI=1S/C20H22F3N5/c1-24-19(25-11-10-20(21,22)23)26-12-15-6-8-16(9-7-15)13-28-14-27-17-4-2-3-5-18(17)28/h2-9,14H,10-13H2,1H3,(H2,24,25,26). The van der Waals surface area contributed by atoms with Gasteiger partial charge in [-0.25, -0.2) is 4.98 Å². The van der Waals surface area contributed by atoms with Gasteiger partial charge >= 0.3 is 6.18 Å². The van der Waals surface area contributed by atoms with Crippen molar-refractivity contribution in [1.82, 2.24) is 20.2 Å². The van der Waals surface area contributed by atoms with Crippen LogP contribution >= 0.6 is 0 Å². The van der Waals surface area contributed by atoms with Gasteiger partial charge in [-0.3, -0.25) is 4.99 Å². The van der Waals surface area contributed by atoms with E-state index in [1.807, 2.05) is 54.9 Å². The highest BCUT2D eigenvalue weighted by Gasteiger charge is 2.26. The van der Waals surface area contributed by atoms with Gasteiger partial charge in [0.2, 0.25) is 0 Å². The van der Waals surface area contributed by atoms with E-state index in [1.165, 1.54) is 7.05 Å². The lowest BCUT2D eigenvalue weighted by Crippen LogP contribution is -2.38. The van der Waals surface area contributed by atoms with E-state index in [1.54, 1.807) is 0 Å². The molecule has 2 N–H and O–H groups in total. The Hall–Kier alpha value is -3.03. The number of fused-ring (bicyclic) bond motifs is 1. The SMILES string of the molecule is CN=C(NCCC(F)(F)F)NCc1ccc(Cn2cnc3ccccc32)cc1. The molecule has 3 rings (SSSR count). The summed E-state index contributed by atoms with van der Waals surface area (Å²) in [7, 11) is 1.53. The van der Waals surface area contributed by atoms with Crippen LogP contribution in [0.1, 0.15) is 17.5 Å². The summed E-state index contributed by atoms with van der Waals surface area (Å²) in [6.07, 6.45) is -3.25. The number of para-hydroxylation sites is 2. The Morgan fingerprint density at radius 1 is 1.04 bits per heavy atom. The molecule has 0 fully saturated rings. The topological polar surface area (TPSA) is 54.2 Å². The van der Waals surface area contributed by atoms with Crippen LogP contribution in [0.4, 0.5) is 13.2 Å². The second kappa shape index (κ2) is 8.77. The Morgan fingerprint density at radius 2 is 1.75 bits per heavy atom. The zero-order valence-corrected chi connectivity index (χ0v) is 15.5. The average Bonchev–Trinajstić information content (AvgIpc) is 3.08. The fourth-order valence-corrected chi connectivity index (χ4v) is 2.82. The minimum atomic E-state index is -4.18. The Labute approximate surface area is 161 Å². The second-order valence-electron chi connectivity index (χ2n) is 6.40. The zero-order valence-electron chi connectivity index (χ0n) is 15.5. The summed E-state index contributed by atoms with van der Waals surface area (Å²) in [6.45, 7) is 0.982. The van der Waals surface area contributed by atoms with Gasteiger partial charge in [-0.1, -0.05) is 36.4 Å². The summed E-state index contributed by atoms with van der Waals surface area (Å²) in [5, 5.41) is 5.68. The fraction of sp³-hybridized carbons (Fsp3) is 0.300. The van der Waals surface area contributed by atoms with E-state index < -0.39 is 12.6 Å². The molecule has 0 aliphatic carbocycles. The summed E-state index contributed by atoms with van der Waals surface area (Å²) in [5.74, 6) is 0.346. The predicted molar refractivity (Wildman–Crippen MR) is 104 cm³/mol. The summed E-state index contributed by atoms with van der Waals surface area (Å²) in [4.78, 5) is 8.33. The van der Waals surface area contributed by atoms with Gasteiger partial charge < -0.3 is 15.2 Å². The maximum absolute atomic E-state index is 12.2. The molecule has 3 aromatic rings. The number of guanidine groups is 1. The summed E-state index contributed by atoms with van der Waals surface area (Å²) < 4.78 is 38.7. The monoisotopic (exact) mass is 389 g/mol. The lowest BCUT2D eigenvalue weighted by molar-refractivity contribution is -0.132. The van der Waals surface area contributed by atoms with Gasteiger partial charge in [0.15, 0.2) is 5.96 Å². The van der Waals surface area contributed by atoms with E-state index in [-0.39, 0.29) is 6.54 Å². The first-order valence-electron chi connectivity index (χ1n) is 8.93. The van der Waals surface area contributed by atoms with Crippen LogP contribution in [-0.4, -0.2) is 35.3 Å². The molecular formula is C20H22F3N5. The van der Waals surface area contributed by atoms with Crippen LogP contribution < -0.4 is 10.6 Å². The Morgan fingerprint density at radius 3 is 2.46 bits per heavy atom. The van der Waals surface area contributed by atoms with E-state index >= 15 is 0 Å². The molecule has 1 aromatic heterocycles. The predicted octanol–water partition coefficient (Wildman–Crippen LogP) is 3.70. The molecule has 0 atom stereocenters. The second-order valence-corrected chi connectivity index (χ2v) is 6.40. The number of benzene rings is 2. The number of aliphatic imine (C=N–C) groups is 1. The molecule has 0 bridgehead atoms. The third kappa shape index (κ3) is 5.48. The molecule has 5 nitrogen and oxygen atoms in total. The molecule has 1 heterocycles. The van der Waals surface area contributed by atoms with Crippen LogP contribution in [0.2, 0.25) is 0 Å². The van der Waals surface area contributed by atoms with Crippen LogP contribution in [-0.2, 0) is 13.1 Å². The number of alkyl halides is 3. The largest absolute Gasteiger partial charge is 0.390 e. The smallest absolute Gasteiger partial charge is 0.356 e. The molecule has 148 valence electrons. The Bertz CT molecular complexity index is 929. The third-order valence-corrected chi connectivity index (χ3v) is 4.29. The number of rotatable bonds is 6. The van der Waals surface area contributed by atoms with E-state index in [0.717, 1.165) is 28.7 Å². The molecule has 0 aliphatic rings. The van der Waals surface area contributed by atoms with E-state index in [2.05, 4.69) is 25.2 Å². The number of imidazole rings is 1. The molecule has 0 saturated carbocycles. The van der Waals surface area contributed by atoms with Crippen molar-refractivity contribution in [3.8, 4) is 0 Å². The zero-order chi connectivity index (χ0) is 20.0. The first-order valence-corrected chi connectivity index (χ1v) is 8.93. The normalized spacial score (nSPS) is 12.4. The van der Waals surface area contributed by atoms with Crippen molar-refractivity contribution in [1.29, 1.82) is 0 Å². The molecule has 0 saturated heterocycles. The summed E-state index contributed by atoms with van der Waals surface area (Å²) >= 11 is 0. The van der Waals surface area contributed by atoms with Crippen molar-refractivity contribution < 1.29 is 13.2 Å². The lowest BCUT2D eigenvalue weighted by Gasteiger charge is -2.13. The first kappa shape index (κ1) is 19.7. The molecule has 0 spiro atoms. The molecule has 0 amide bonds. The van der Waals surface area contributed by atoms with Crippen LogP contribution in [0.15, 0.2) is 59.9 Å². The number of aromatic nitrogens is 2. The van der Waals surface area contributed by atoms with Crippen LogP contribution in [0.25, 0.3) is 11.0 Å². The van der Waals surface area contributed by atoms with E-state index in [9.17, 15) is 13.2 Å². The average molecular weight is 389 g/mol. The van der Waals surface area contributed by atoms with Crippen molar-refractivity contribution in [3.05, 3.63) is 66.0 Å². The lowest BCUT2D eigenvalue weighted by atomic mass is 10.1. The molecule has 28 heavy (non-hydrogen) atoms. The quantitative estimate of drug-likeness (QED) is 0.499. The highest BCUT2D eigenvalue weighted by Crippen LogP contribution is 2.18. The number of halogens is 3. The number of hydrogen-bond acceptors (Lipinski definition) is 2. The maximum atomic E-state index is 12.2. The van der Waals surface area contributed by atoms with E-state index in [0.29, 0.717) is 12.5 Å². The Kier molecular flexibility index (Phi) is 6.18. The van der Waals surface area contributed by atoms with Crippen LogP contribution in [0.5, 0.6) is 0 Å². The van der Waals surface area contributed by atoms with Gasteiger partial charge in [0.05, 0.1) is 23.8 Å². The first-order chi connectivity index (χ1) is 13.4.